The van der Waals surface area contributed by atoms with Crippen molar-refractivity contribution in [2.75, 3.05) is 26.0 Å². The average molecular weight is 300 g/mol. The third kappa shape index (κ3) is 3.66. The van der Waals surface area contributed by atoms with Crippen LogP contribution >= 0.6 is 0 Å². The summed E-state index contributed by atoms with van der Waals surface area (Å²) in [5.74, 6) is 0.0310. The maximum atomic E-state index is 11.8. The molecule has 0 saturated heterocycles. The first-order valence-corrected chi connectivity index (χ1v) is 6.96. The number of anilines is 1. The normalized spacial score (nSPS) is 10.3. The van der Waals surface area contributed by atoms with Crippen molar-refractivity contribution in [1.29, 1.82) is 0 Å². The van der Waals surface area contributed by atoms with Gasteiger partial charge in [-0.1, -0.05) is 6.08 Å². The Kier molecular flexibility index (Phi) is 4.83. The average Bonchev–Trinajstić information content (AvgIpc) is 2.87. The van der Waals surface area contributed by atoms with E-state index in [1.807, 2.05) is 35.0 Å². The van der Waals surface area contributed by atoms with Gasteiger partial charge in [-0.15, -0.1) is 6.58 Å². The maximum Gasteiger partial charge on any atom is 0.319 e. The molecule has 1 heterocycles. The Hall–Kier alpha value is -2.76. The Balaban J connectivity index is 2.14. The number of hydrogen-bond acceptors (Lipinski definition) is 2. The quantitative estimate of drug-likeness (QED) is 0.830. The van der Waals surface area contributed by atoms with Crippen molar-refractivity contribution < 1.29 is 9.59 Å². The van der Waals surface area contributed by atoms with Crippen LogP contribution in [0.2, 0.25) is 0 Å². The van der Waals surface area contributed by atoms with Gasteiger partial charge in [0.25, 0.3) is 0 Å². The molecule has 0 atom stereocenters. The number of urea groups is 1. The van der Waals surface area contributed by atoms with Gasteiger partial charge in [0, 0.05) is 43.4 Å². The zero-order chi connectivity index (χ0) is 16.1. The van der Waals surface area contributed by atoms with E-state index in [2.05, 4.69) is 17.2 Å². The molecular weight excluding hydrogens is 280 g/mol. The van der Waals surface area contributed by atoms with Crippen molar-refractivity contribution in [3.8, 4) is 0 Å². The molecule has 2 N–H and O–H groups in total. The molecule has 0 unspecified atom stereocenters. The largest absolute Gasteiger partial charge is 0.347 e. The van der Waals surface area contributed by atoms with Gasteiger partial charge in [0.1, 0.15) is 6.54 Å². The van der Waals surface area contributed by atoms with E-state index in [0.29, 0.717) is 18.8 Å². The Bertz CT molecular complexity index is 703. The van der Waals surface area contributed by atoms with E-state index >= 15 is 0 Å². The summed E-state index contributed by atoms with van der Waals surface area (Å²) in [7, 11) is 3.47. The molecule has 116 valence electrons. The van der Waals surface area contributed by atoms with E-state index in [0.717, 1.165) is 10.9 Å². The fourth-order valence-corrected chi connectivity index (χ4v) is 2.04. The van der Waals surface area contributed by atoms with Crippen molar-refractivity contribution in [3.63, 3.8) is 0 Å². The molecule has 0 fully saturated rings. The minimum atomic E-state index is -0.276. The van der Waals surface area contributed by atoms with E-state index < -0.39 is 0 Å². The first-order valence-electron chi connectivity index (χ1n) is 6.96. The van der Waals surface area contributed by atoms with Crippen LogP contribution in [-0.4, -0.2) is 42.0 Å². The van der Waals surface area contributed by atoms with Crippen LogP contribution in [0.3, 0.4) is 0 Å². The molecule has 1 aromatic carbocycles. The number of fused-ring (bicyclic) bond motifs is 1. The standard InChI is InChI=1S/C16H20N4O2/c1-4-8-17-16(22)18-13-5-6-14-12(10-13)7-9-20(14)11-15(21)19(2)3/h4-7,9-10H,1,8,11H2,2-3H3,(H2,17,18,22). The van der Waals surface area contributed by atoms with Crippen LogP contribution in [0.1, 0.15) is 0 Å². The predicted octanol–water partition coefficient (Wildman–Crippen LogP) is 2.04. The third-order valence-corrected chi connectivity index (χ3v) is 3.24. The van der Waals surface area contributed by atoms with Crippen molar-refractivity contribution in [2.24, 2.45) is 0 Å². The first-order chi connectivity index (χ1) is 10.5. The monoisotopic (exact) mass is 300 g/mol. The van der Waals surface area contributed by atoms with E-state index in [1.165, 1.54) is 0 Å². The molecular formula is C16H20N4O2. The first kappa shape index (κ1) is 15.6. The molecule has 0 aliphatic carbocycles. The summed E-state index contributed by atoms with van der Waals surface area (Å²) in [6.07, 6.45) is 3.48. The van der Waals surface area contributed by atoms with Crippen molar-refractivity contribution in [2.45, 2.75) is 6.54 Å². The molecule has 2 rings (SSSR count). The fourth-order valence-electron chi connectivity index (χ4n) is 2.04. The Labute approximate surface area is 129 Å². The molecule has 2 aromatic rings. The molecule has 6 heteroatoms. The number of aromatic nitrogens is 1. The highest BCUT2D eigenvalue weighted by atomic mass is 16.2. The van der Waals surface area contributed by atoms with Crippen molar-refractivity contribution in [1.82, 2.24) is 14.8 Å². The minimum absolute atomic E-state index is 0.0310. The summed E-state index contributed by atoms with van der Waals surface area (Å²) in [5.41, 5.74) is 1.65. The molecule has 3 amide bonds. The van der Waals surface area contributed by atoms with Crippen LogP contribution in [0.15, 0.2) is 43.1 Å². The predicted molar refractivity (Wildman–Crippen MR) is 87.9 cm³/mol. The fraction of sp³-hybridized carbons (Fsp3) is 0.250. The van der Waals surface area contributed by atoms with Gasteiger partial charge in [-0.2, -0.15) is 0 Å². The highest BCUT2D eigenvalue weighted by molar-refractivity contribution is 5.93. The van der Waals surface area contributed by atoms with Gasteiger partial charge in [-0.3, -0.25) is 4.79 Å². The second-order valence-electron chi connectivity index (χ2n) is 5.13. The van der Waals surface area contributed by atoms with E-state index in [9.17, 15) is 9.59 Å². The molecule has 0 spiro atoms. The number of nitrogens with zero attached hydrogens (tertiary/aromatic N) is 2. The van der Waals surface area contributed by atoms with Crippen LogP contribution in [0.4, 0.5) is 10.5 Å². The molecule has 0 aliphatic heterocycles. The lowest BCUT2D eigenvalue weighted by atomic mass is 10.2. The third-order valence-electron chi connectivity index (χ3n) is 3.24. The van der Waals surface area contributed by atoms with Gasteiger partial charge in [0.05, 0.1) is 0 Å². The van der Waals surface area contributed by atoms with Crippen LogP contribution in [0, 0.1) is 0 Å². The van der Waals surface area contributed by atoms with Crippen molar-refractivity contribution in [3.05, 3.63) is 43.1 Å². The Morgan fingerprint density at radius 3 is 2.77 bits per heavy atom. The van der Waals surface area contributed by atoms with E-state index in [4.69, 9.17) is 0 Å². The SMILES string of the molecule is C=CCNC(=O)Nc1ccc2c(ccn2CC(=O)N(C)C)c1. The Morgan fingerprint density at radius 2 is 2.09 bits per heavy atom. The lowest BCUT2D eigenvalue weighted by Gasteiger charge is -2.12. The number of amides is 3. The number of carbonyl (C=O) groups excluding carboxylic acids is 2. The number of rotatable bonds is 5. The molecule has 0 bridgehead atoms. The molecule has 6 nitrogen and oxygen atoms in total. The molecule has 1 aromatic heterocycles. The minimum Gasteiger partial charge on any atom is -0.347 e. The smallest absolute Gasteiger partial charge is 0.319 e. The van der Waals surface area contributed by atoms with Gasteiger partial charge in [0.2, 0.25) is 5.91 Å². The highest BCUT2D eigenvalue weighted by Gasteiger charge is 2.09. The summed E-state index contributed by atoms with van der Waals surface area (Å²) in [6.45, 7) is 4.25. The Morgan fingerprint density at radius 1 is 1.32 bits per heavy atom. The molecule has 0 saturated carbocycles. The molecule has 22 heavy (non-hydrogen) atoms. The summed E-state index contributed by atoms with van der Waals surface area (Å²) < 4.78 is 1.89. The van der Waals surface area contributed by atoms with Gasteiger partial charge in [-0.25, -0.2) is 4.79 Å². The van der Waals surface area contributed by atoms with Crippen LogP contribution in [-0.2, 0) is 11.3 Å². The lowest BCUT2D eigenvalue weighted by molar-refractivity contribution is -0.129. The maximum absolute atomic E-state index is 11.8. The lowest BCUT2D eigenvalue weighted by Crippen LogP contribution is -2.28. The second-order valence-corrected chi connectivity index (χ2v) is 5.13. The molecule has 0 aliphatic rings. The highest BCUT2D eigenvalue weighted by Crippen LogP contribution is 2.20. The zero-order valence-electron chi connectivity index (χ0n) is 12.8. The summed E-state index contributed by atoms with van der Waals surface area (Å²) in [4.78, 5) is 25.0. The van der Waals surface area contributed by atoms with E-state index in [-0.39, 0.29) is 11.9 Å². The van der Waals surface area contributed by atoms with Crippen LogP contribution < -0.4 is 10.6 Å². The zero-order valence-corrected chi connectivity index (χ0v) is 12.8. The number of carbonyl (C=O) groups is 2. The van der Waals surface area contributed by atoms with Gasteiger partial charge < -0.3 is 20.1 Å². The summed E-state index contributed by atoms with van der Waals surface area (Å²) in [5, 5.41) is 6.37. The summed E-state index contributed by atoms with van der Waals surface area (Å²) in [6, 6.07) is 7.22. The van der Waals surface area contributed by atoms with Crippen LogP contribution in [0.5, 0.6) is 0 Å². The number of hydrogen-bond donors (Lipinski definition) is 2. The van der Waals surface area contributed by atoms with E-state index in [1.54, 1.807) is 25.1 Å². The van der Waals surface area contributed by atoms with Crippen LogP contribution in [0.25, 0.3) is 10.9 Å². The molecule has 0 radical (unpaired) electrons. The van der Waals surface area contributed by atoms with Gasteiger partial charge >= 0.3 is 6.03 Å². The van der Waals surface area contributed by atoms with Crippen molar-refractivity contribution >= 4 is 28.5 Å². The van der Waals surface area contributed by atoms with Gasteiger partial charge in [0.15, 0.2) is 0 Å². The topological polar surface area (TPSA) is 66.4 Å². The number of likely N-dealkylation sites (N-methyl/N-ethyl adjacent to an activating group) is 1. The second kappa shape index (κ2) is 6.80. The number of nitrogens with one attached hydrogen (secondary N) is 2. The summed E-state index contributed by atoms with van der Waals surface area (Å²) >= 11 is 0. The van der Waals surface area contributed by atoms with Gasteiger partial charge in [-0.05, 0) is 24.3 Å². The number of benzene rings is 1.